The monoisotopic (exact) mass is 314 g/mol. The van der Waals surface area contributed by atoms with Gasteiger partial charge in [-0.05, 0) is 66.9 Å². The normalized spacial score (nSPS) is 12.8. The number of pyridine rings is 1. The van der Waals surface area contributed by atoms with Crippen LogP contribution in [-0.4, -0.2) is 15.8 Å². The first-order chi connectivity index (χ1) is 11.6. The van der Waals surface area contributed by atoms with Gasteiger partial charge in [-0.2, -0.15) is 0 Å². The molecule has 4 rings (SSSR count). The Kier molecular flexibility index (Phi) is 3.42. The Morgan fingerprint density at radius 3 is 2.62 bits per heavy atom. The summed E-state index contributed by atoms with van der Waals surface area (Å²) in [6.07, 6.45) is 2.72. The van der Waals surface area contributed by atoms with Gasteiger partial charge in [0.2, 0.25) is 0 Å². The highest BCUT2D eigenvalue weighted by Gasteiger charge is 2.15. The first kappa shape index (κ1) is 14.6. The molecule has 0 bridgehead atoms. The Balaban J connectivity index is 1.83. The van der Waals surface area contributed by atoms with Crippen LogP contribution in [0.15, 0.2) is 59.7 Å². The third-order valence-electron chi connectivity index (χ3n) is 4.43. The molecule has 3 aromatic rings. The van der Waals surface area contributed by atoms with Gasteiger partial charge in [0.25, 0.3) is 0 Å². The molecule has 2 heterocycles. The molecule has 1 N–H and O–H groups in total. The van der Waals surface area contributed by atoms with Crippen molar-refractivity contribution in [2.24, 2.45) is 4.99 Å². The Labute approximate surface area is 141 Å². The fraction of sp³-hybridized carbons (Fsp3) is 0.143. The van der Waals surface area contributed by atoms with E-state index in [1.54, 1.807) is 6.07 Å². The van der Waals surface area contributed by atoms with Crippen LogP contribution in [0.25, 0.3) is 22.4 Å². The Hall–Kier alpha value is -2.94. The van der Waals surface area contributed by atoms with Crippen LogP contribution in [0.3, 0.4) is 0 Å². The average molecular weight is 314 g/mol. The molecule has 0 radical (unpaired) electrons. The molecule has 0 amide bonds. The molecule has 0 aliphatic carbocycles. The lowest BCUT2D eigenvalue weighted by atomic mass is 9.96. The summed E-state index contributed by atoms with van der Waals surface area (Å²) in [5, 5.41) is 9.77. The van der Waals surface area contributed by atoms with Gasteiger partial charge in [0.1, 0.15) is 5.75 Å². The molecule has 3 heteroatoms. The molecule has 118 valence electrons. The Bertz CT molecular complexity index is 973. The van der Waals surface area contributed by atoms with Crippen molar-refractivity contribution >= 4 is 11.4 Å². The molecule has 0 saturated carbocycles. The fourth-order valence-electron chi connectivity index (χ4n) is 3.20. The van der Waals surface area contributed by atoms with Crippen molar-refractivity contribution in [2.75, 3.05) is 0 Å². The van der Waals surface area contributed by atoms with E-state index >= 15 is 0 Å². The maximum atomic E-state index is 9.77. The summed E-state index contributed by atoms with van der Waals surface area (Å²) in [6, 6.07) is 16.1. The number of benzene rings is 2. The zero-order valence-electron chi connectivity index (χ0n) is 13.7. The van der Waals surface area contributed by atoms with Gasteiger partial charge in [0.15, 0.2) is 0 Å². The van der Waals surface area contributed by atoms with Crippen LogP contribution in [-0.2, 0) is 6.42 Å². The van der Waals surface area contributed by atoms with Gasteiger partial charge in [-0.1, -0.05) is 12.1 Å². The first-order valence-corrected chi connectivity index (χ1v) is 8.04. The van der Waals surface area contributed by atoms with E-state index in [1.807, 2.05) is 31.3 Å². The predicted molar refractivity (Wildman–Crippen MR) is 98.0 cm³/mol. The second kappa shape index (κ2) is 5.60. The SMILES string of the molecule is CC1=Nc2ccc(-c3cccnc3-c3ccc(O)c(C)c3)cc2C1. The summed E-state index contributed by atoms with van der Waals surface area (Å²) in [6.45, 7) is 3.96. The van der Waals surface area contributed by atoms with Crippen molar-refractivity contribution in [1.29, 1.82) is 0 Å². The van der Waals surface area contributed by atoms with Gasteiger partial charge in [0, 0.05) is 29.5 Å². The topological polar surface area (TPSA) is 45.5 Å². The highest BCUT2D eigenvalue weighted by atomic mass is 16.3. The van der Waals surface area contributed by atoms with Gasteiger partial charge in [-0.25, -0.2) is 0 Å². The molecule has 0 unspecified atom stereocenters. The summed E-state index contributed by atoms with van der Waals surface area (Å²) in [7, 11) is 0. The number of rotatable bonds is 2. The quantitative estimate of drug-likeness (QED) is 0.717. The Morgan fingerprint density at radius 1 is 0.958 bits per heavy atom. The number of fused-ring (bicyclic) bond motifs is 1. The van der Waals surface area contributed by atoms with Crippen LogP contribution in [0.2, 0.25) is 0 Å². The van der Waals surface area contributed by atoms with E-state index in [0.29, 0.717) is 5.75 Å². The van der Waals surface area contributed by atoms with Crippen molar-refractivity contribution in [3.8, 4) is 28.1 Å². The van der Waals surface area contributed by atoms with Gasteiger partial charge >= 0.3 is 0 Å². The fourth-order valence-corrected chi connectivity index (χ4v) is 3.20. The first-order valence-electron chi connectivity index (χ1n) is 8.04. The molecule has 0 saturated heterocycles. The van der Waals surface area contributed by atoms with Crippen molar-refractivity contribution < 1.29 is 5.11 Å². The Morgan fingerprint density at radius 2 is 1.79 bits per heavy atom. The van der Waals surface area contributed by atoms with E-state index in [2.05, 4.69) is 41.2 Å². The molecule has 0 spiro atoms. The number of hydrogen-bond acceptors (Lipinski definition) is 3. The van der Waals surface area contributed by atoms with Crippen LogP contribution in [0.1, 0.15) is 18.1 Å². The molecule has 1 aromatic heterocycles. The molecule has 24 heavy (non-hydrogen) atoms. The van der Waals surface area contributed by atoms with E-state index in [9.17, 15) is 5.11 Å². The standard InChI is InChI=1S/C21H18N2O/c1-13-10-16(6-8-20(13)24)21-18(4-3-9-22-21)15-5-7-19-17(12-15)11-14(2)23-19/h3-10,12,24H,11H2,1-2H3. The lowest BCUT2D eigenvalue weighted by Crippen LogP contribution is -1.92. The zero-order chi connectivity index (χ0) is 16.7. The number of aromatic hydroxyl groups is 1. The molecule has 0 fully saturated rings. The molecule has 3 nitrogen and oxygen atoms in total. The number of aromatic nitrogens is 1. The highest BCUT2D eigenvalue weighted by molar-refractivity contribution is 5.93. The highest BCUT2D eigenvalue weighted by Crippen LogP contribution is 2.36. The van der Waals surface area contributed by atoms with Gasteiger partial charge in [-0.3, -0.25) is 9.98 Å². The number of nitrogens with zero attached hydrogens (tertiary/aromatic N) is 2. The lowest BCUT2D eigenvalue weighted by molar-refractivity contribution is 0.471. The van der Waals surface area contributed by atoms with E-state index in [4.69, 9.17) is 0 Å². The summed E-state index contributed by atoms with van der Waals surface area (Å²) < 4.78 is 0. The molecule has 1 aliphatic heterocycles. The number of phenolic OH excluding ortho intramolecular Hbond substituents is 1. The third kappa shape index (κ3) is 2.48. The van der Waals surface area contributed by atoms with E-state index in [1.165, 1.54) is 5.56 Å². The van der Waals surface area contributed by atoms with E-state index in [0.717, 1.165) is 45.8 Å². The number of hydrogen-bond donors (Lipinski definition) is 1. The maximum Gasteiger partial charge on any atom is 0.118 e. The largest absolute Gasteiger partial charge is 0.508 e. The third-order valence-corrected chi connectivity index (χ3v) is 4.43. The number of aliphatic imine (C=N–C) groups is 1. The second-order valence-electron chi connectivity index (χ2n) is 6.27. The van der Waals surface area contributed by atoms with Crippen LogP contribution >= 0.6 is 0 Å². The molecular formula is C21H18N2O. The number of phenols is 1. The minimum atomic E-state index is 0.307. The van der Waals surface area contributed by atoms with E-state index in [-0.39, 0.29) is 0 Å². The minimum Gasteiger partial charge on any atom is -0.508 e. The minimum absolute atomic E-state index is 0.307. The molecule has 0 atom stereocenters. The summed E-state index contributed by atoms with van der Waals surface area (Å²) in [5.74, 6) is 0.307. The van der Waals surface area contributed by atoms with Gasteiger partial charge in [-0.15, -0.1) is 0 Å². The van der Waals surface area contributed by atoms with Gasteiger partial charge < -0.3 is 5.11 Å². The van der Waals surface area contributed by atoms with Crippen LogP contribution < -0.4 is 0 Å². The molecule has 1 aliphatic rings. The van der Waals surface area contributed by atoms with Crippen molar-refractivity contribution in [2.45, 2.75) is 20.3 Å². The lowest BCUT2D eigenvalue weighted by Gasteiger charge is -2.11. The smallest absolute Gasteiger partial charge is 0.118 e. The average Bonchev–Trinajstić information content (AvgIpc) is 2.96. The molecular weight excluding hydrogens is 296 g/mol. The zero-order valence-corrected chi connectivity index (χ0v) is 13.7. The predicted octanol–water partition coefficient (Wildman–Crippen LogP) is 5.08. The summed E-state index contributed by atoms with van der Waals surface area (Å²) in [5.41, 5.74) is 8.51. The van der Waals surface area contributed by atoms with Crippen molar-refractivity contribution in [3.63, 3.8) is 0 Å². The molecule has 2 aromatic carbocycles. The van der Waals surface area contributed by atoms with Crippen LogP contribution in [0.4, 0.5) is 5.69 Å². The summed E-state index contributed by atoms with van der Waals surface area (Å²) >= 11 is 0. The maximum absolute atomic E-state index is 9.77. The number of aryl methyl sites for hydroxylation is 1. The van der Waals surface area contributed by atoms with Gasteiger partial charge in [0.05, 0.1) is 11.4 Å². The van der Waals surface area contributed by atoms with Crippen LogP contribution in [0, 0.1) is 6.92 Å². The van der Waals surface area contributed by atoms with Crippen molar-refractivity contribution in [1.82, 2.24) is 4.98 Å². The van der Waals surface area contributed by atoms with E-state index < -0.39 is 0 Å². The summed E-state index contributed by atoms with van der Waals surface area (Å²) in [4.78, 5) is 9.16. The van der Waals surface area contributed by atoms with Crippen LogP contribution in [0.5, 0.6) is 5.75 Å². The second-order valence-corrected chi connectivity index (χ2v) is 6.27. The van der Waals surface area contributed by atoms with Crippen molar-refractivity contribution in [3.05, 3.63) is 65.9 Å².